The van der Waals surface area contributed by atoms with Crippen LogP contribution in [-0.4, -0.2) is 61.8 Å². The number of rotatable bonds is 5. The van der Waals surface area contributed by atoms with Gasteiger partial charge in [0.05, 0.1) is 17.9 Å². The molecule has 1 fully saturated rings. The van der Waals surface area contributed by atoms with E-state index in [0.717, 1.165) is 18.7 Å². The lowest BCUT2D eigenvalue weighted by Crippen LogP contribution is -2.43. The Morgan fingerprint density at radius 2 is 2.04 bits per heavy atom. The lowest BCUT2D eigenvalue weighted by atomic mass is 10.2. The standard InChI is InChI=1S/C8H15N3O6S.C8H6O2/c1-6(12)10(11(13)14)5-7-3-8(4-9-7)17-18(2,15)16;9-8-7-3-1-6(2-4-7)5-10-8/h7-9H,3-5H2,1-2H3;1-4H,5H2. The number of amides is 1. The highest BCUT2D eigenvalue weighted by atomic mass is 32.2. The number of benzene rings is 1. The highest BCUT2D eigenvalue weighted by Crippen LogP contribution is 2.14. The van der Waals surface area contributed by atoms with Crippen molar-refractivity contribution < 1.29 is 32.0 Å². The Morgan fingerprint density at radius 3 is 2.57 bits per heavy atom. The lowest BCUT2D eigenvalue weighted by Gasteiger charge is -2.15. The summed E-state index contributed by atoms with van der Waals surface area (Å²) < 4.78 is 31.4. The molecule has 3 heterocycles. The summed E-state index contributed by atoms with van der Waals surface area (Å²) in [6.07, 6.45) is 0.690. The predicted molar refractivity (Wildman–Crippen MR) is 96.1 cm³/mol. The number of hydrazine groups is 1. The molecule has 1 aromatic rings. The van der Waals surface area contributed by atoms with Gasteiger partial charge in [0.1, 0.15) is 13.2 Å². The van der Waals surface area contributed by atoms with Gasteiger partial charge in [-0.1, -0.05) is 17.1 Å². The van der Waals surface area contributed by atoms with Gasteiger partial charge in [-0.05, 0) is 24.1 Å². The zero-order valence-electron chi connectivity index (χ0n) is 15.4. The molecule has 1 amide bonds. The molecule has 2 atom stereocenters. The fourth-order valence-corrected chi connectivity index (χ4v) is 3.37. The van der Waals surface area contributed by atoms with Gasteiger partial charge in [0.2, 0.25) is 0 Å². The van der Waals surface area contributed by atoms with Gasteiger partial charge in [-0.15, -0.1) is 0 Å². The van der Waals surface area contributed by atoms with Crippen LogP contribution in [0, 0.1) is 10.1 Å². The van der Waals surface area contributed by atoms with Crippen molar-refractivity contribution >= 4 is 22.0 Å². The SMILES string of the molecule is CC(=O)N(CC1CC(OS(C)(=O)=O)CN1)[N+](=O)[O-].O=C1OCc2ccc1cc2. The van der Waals surface area contributed by atoms with Gasteiger partial charge in [0.15, 0.2) is 5.03 Å². The summed E-state index contributed by atoms with van der Waals surface area (Å²) in [4.78, 5) is 32.5. The maximum absolute atomic E-state index is 11.0. The molecule has 4 rings (SSSR count). The molecular formula is C16H21N3O8S. The van der Waals surface area contributed by atoms with Crippen LogP contribution in [0.25, 0.3) is 0 Å². The number of nitrogens with one attached hydrogen (secondary N) is 1. The maximum atomic E-state index is 11.0. The van der Waals surface area contributed by atoms with E-state index in [2.05, 4.69) is 5.32 Å². The molecule has 0 aliphatic carbocycles. The van der Waals surface area contributed by atoms with Crippen LogP contribution in [0.3, 0.4) is 0 Å². The van der Waals surface area contributed by atoms with Crippen molar-refractivity contribution in [2.45, 2.75) is 32.1 Å². The summed E-state index contributed by atoms with van der Waals surface area (Å²) in [6.45, 7) is 1.67. The number of nitro groups is 1. The average Bonchev–Trinajstić information content (AvgIpc) is 2.86. The summed E-state index contributed by atoms with van der Waals surface area (Å²) in [7, 11) is -3.55. The molecular weight excluding hydrogens is 394 g/mol. The highest BCUT2D eigenvalue weighted by molar-refractivity contribution is 7.86. The quantitative estimate of drug-likeness (QED) is 0.306. The van der Waals surface area contributed by atoms with E-state index in [0.29, 0.717) is 23.6 Å². The summed E-state index contributed by atoms with van der Waals surface area (Å²) in [5.74, 6) is -0.894. The Bertz CT molecular complexity index is 826. The van der Waals surface area contributed by atoms with E-state index in [4.69, 9.17) is 8.92 Å². The van der Waals surface area contributed by atoms with Gasteiger partial charge in [0, 0.05) is 19.5 Å². The number of ether oxygens (including phenoxy) is 1. The highest BCUT2D eigenvalue weighted by Gasteiger charge is 2.32. The Balaban J connectivity index is 0.000000233. The van der Waals surface area contributed by atoms with Crippen LogP contribution in [0.15, 0.2) is 24.3 Å². The fourth-order valence-electron chi connectivity index (χ4n) is 2.73. The molecule has 11 nitrogen and oxygen atoms in total. The number of hydrogen-bond donors (Lipinski definition) is 1. The molecule has 0 aromatic heterocycles. The van der Waals surface area contributed by atoms with Crippen LogP contribution < -0.4 is 5.32 Å². The van der Waals surface area contributed by atoms with E-state index in [1.165, 1.54) is 0 Å². The normalized spacial score (nSPS) is 20.6. The van der Waals surface area contributed by atoms with E-state index in [1.54, 1.807) is 12.1 Å². The summed E-state index contributed by atoms with van der Waals surface area (Å²) >= 11 is 0. The first-order valence-corrected chi connectivity index (χ1v) is 10.2. The molecule has 2 unspecified atom stereocenters. The summed E-state index contributed by atoms with van der Waals surface area (Å²) in [5.41, 5.74) is 1.69. The topological polar surface area (TPSA) is 145 Å². The minimum Gasteiger partial charge on any atom is -0.457 e. The van der Waals surface area contributed by atoms with Crippen LogP contribution in [-0.2, 0) is 30.4 Å². The van der Waals surface area contributed by atoms with E-state index >= 15 is 0 Å². The number of esters is 1. The Morgan fingerprint density at radius 1 is 1.39 bits per heavy atom. The smallest absolute Gasteiger partial charge is 0.338 e. The molecule has 28 heavy (non-hydrogen) atoms. The van der Waals surface area contributed by atoms with Crippen LogP contribution >= 0.6 is 0 Å². The van der Waals surface area contributed by atoms with Gasteiger partial charge in [-0.3, -0.25) is 8.98 Å². The molecule has 3 aliphatic heterocycles. The van der Waals surface area contributed by atoms with Crippen molar-refractivity contribution in [2.24, 2.45) is 0 Å². The van der Waals surface area contributed by atoms with Crippen LogP contribution in [0.1, 0.15) is 29.3 Å². The predicted octanol–water partition coefficient (Wildman–Crippen LogP) is 0.0903. The molecule has 2 bridgehead atoms. The Hall–Kier alpha value is -2.57. The minimum atomic E-state index is -3.55. The number of hydrogen-bond acceptors (Lipinski definition) is 9. The average molecular weight is 415 g/mol. The molecule has 0 saturated carbocycles. The van der Waals surface area contributed by atoms with Gasteiger partial charge in [-0.2, -0.15) is 8.42 Å². The number of fused-ring (bicyclic) bond motifs is 4. The van der Waals surface area contributed by atoms with Crippen molar-refractivity contribution in [3.63, 3.8) is 0 Å². The van der Waals surface area contributed by atoms with E-state index in [9.17, 15) is 28.1 Å². The molecule has 154 valence electrons. The van der Waals surface area contributed by atoms with Crippen LogP contribution in [0.2, 0.25) is 0 Å². The first-order valence-electron chi connectivity index (χ1n) is 8.35. The summed E-state index contributed by atoms with van der Waals surface area (Å²) in [6, 6.07) is 7.02. The van der Waals surface area contributed by atoms with Gasteiger partial charge < -0.3 is 10.1 Å². The second-order valence-electron chi connectivity index (χ2n) is 6.38. The van der Waals surface area contributed by atoms with Gasteiger partial charge >= 0.3 is 5.97 Å². The second kappa shape index (κ2) is 9.08. The first kappa shape index (κ1) is 21.7. The molecule has 1 N–H and O–H groups in total. The first-order chi connectivity index (χ1) is 13.0. The molecule has 0 radical (unpaired) electrons. The number of carbonyl (C=O) groups is 2. The van der Waals surface area contributed by atoms with Crippen molar-refractivity contribution in [1.82, 2.24) is 10.3 Å². The maximum Gasteiger partial charge on any atom is 0.338 e. The zero-order chi connectivity index (χ0) is 20.9. The van der Waals surface area contributed by atoms with Crippen molar-refractivity contribution in [3.8, 4) is 0 Å². The fraction of sp³-hybridized carbons (Fsp3) is 0.500. The molecule has 3 aliphatic rings. The third kappa shape index (κ3) is 6.55. The Labute approximate surface area is 161 Å². The molecule has 1 saturated heterocycles. The second-order valence-corrected chi connectivity index (χ2v) is 7.98. The summed E-state index contributed by atoms with van der Waals surface area (Å²) in [5, 5.41) is 13.2. The van der Waals surface area contributed by atoms with Gasteiger partial charge in [0.25, 0.3) is 16.0 Å². The van der Waals surface area contributed by atoms with Crippen LogP contribution in [0.5, 0.6) is 0 Å². The zero-order valence-corrected chi connectivity index (χ0v) is 16.2. The minimum absolute atomic E-state index is 0.119. The number of carbonyl (C=O) groups excluding carboxylic acids is 2. The van der Waals surface area contributed by atoms with Crippen molar-refractivity contribution in [1.29, 1.82) is 0 Å². The van der Waals surface area contributed by atoms with Crippen molar-refractivity contribution in [3.05, 3.63) is 45.5 Å². The number of nitrogens with zero attached hydrogens (tertiary/aromatic N) is 2. The van der Waals surface area contributed by atoms with E-state index < -0.39 is 27.2 Å². The van der Waals surface area contributed by atoms with Crippen molar-refractivity contribution in [2.75, 3.05) is 19.3 Å². The lowest BCUT2D eigenvalue weighted by molar-refractivity contribution is -0.634. The van der Waals surface area contributed by atoms with E-state index in [-0.39, 0.29) is 25.1 Å². The molecule has 0 spiro atoms. The third-order valence-electron chi connectivity index (χ3n) is 4.01. The van der Waals surface area contributed by atoms with E-state index in [1.807, 2.05) is 12.1 Å². The third-order valence-corrected chi connectivity index (χ3v) is 4.63. The van der Waals surface area contributed by atoms with Crippen LogP contribution in [0.4, 0.5) is 0 Å². The monoisotopic (exact) mass is 415 g/mol. The molecule has 1 aromatic carbocycles. The Kier molecular flexibility index (Phi) is 7.05. The van der Waals surface area contributed by atoms with Gasteiger partial charge in [-0.25, -0.2) is 14.9 Å². The molecule has 12 heteroatoms. The largest absolute Gasteiger partial charge is 0.457 e.